The van der Waals surface area contributed by atoms with Crippen LogP contribution in [0, 0.1) is 11.7 Å². The fourth-order valence-electron chi connectivity index (χ4n) is 4.33. The van der Waals surface area contributed by atoms with Gasteiger partial charge in [-0.1, -0.05) is 63.4 Å². The Hall–Kier alpha value is -1.28. The van der Waals surface area contributed by atoms with Gasteiger partial charge in [0.1, 0.15) is 5.82 Å². The largest absolute Gasteiger partial charge is 0.206 e. The van der Waals surface area contributed by atoms with E-state index in [2.05, 4.69) is 44.2 Å². The van der Waals surface area contributed by atoms with Gasteiger partial charge in [0, 0.05) is 10.6 Å². The molecule has 2 heteroatoms. The molecule has 1 aliphatic rings. The molecule has 1 aliphatic carbocycles. The molecule has 3 rings (SSSR count). The van der Waals surface area contributed by atoms with Crippen LogP contribution in [0.2, 0.25) is 0 Å². The summed E-state index contributed by atoms with van der Waals surface area (Å²) >= 11 is 1.61. The van der Waals surface area contributed by atoms with Crippen LogP contribution in [0.3, 0.4) is 0 Å². The summed E-state index contributed by atoms with van der Waals surface area (Å²) in [5.74, 6) is 2.22. The zero-order chi connectivity index (χ0) is 19.8. The lowest BCUT2D eigenvalue weighted by Gasteiger charge is -2.28. The van der Waals surface area contributed by atoms with Crippen molar-refractivity contribution in [2.75, 3.05) is 0 Å². The zero-order valence-electron chi connectivity index (χ0n) is 17.6. The summed E-state index contributed by atoms with van der Waals surface area (Å²) in [4.78, 5) is 0.776. The second-order valence-corrected chi connectivity index (χ2v) is 9.40. The maximum Gasteiger partial charge on any atom is 0.137 e. The van der Waals surface area contributed by atoms with Gasteiger partial charge in [0.25, 0.3) is 0 Å². The van der Waals surface area contributed by atoms with Crippen molar-refractivity contribution in [3.05, 3.63) is 65.0 Å². The molecule has 2 aromatic carbocycles. The number of halogens is 1. The van der Waals surface area contributed by atoms with E-state index in [1.807, 2.05) is 6.07 Å². The summed E-state index contributed by atoms with van der Waals surface area (Å²) in [6.45, 7) is 4.53. The van der Waals surface area contributed by atoms with Gasteiger partial charge in [-0.2, -0.15) is 0 Å². The standard InChI is InChI=1S/C26H35FS/c1-3-5-6-7-21-8-10-22(11-9-21)19-28-26-17-16-24(18-25(26)27)23-14-12-20(4-2)13-15-23/h8-11,16-18,20,23H,3-7,12-15,19H2,1-2H3. The lowest BCUT2D eigenvalue weighted by Crippen LogP contribution is -2.12. The molecule has 1 fully saturated rings. The number of rotatable bonds is 9. The van der Waals surface area contributed by atoms with Crippen molar-refractivity contribution in [3.8, 4) is 0 Å². The molecule has 0 nitrogen and oxygen atoms in total. The molecule has 0 spiro atoms. The lowest BCUT2D eigenvalue weighted by atomic mass is 9.78. The summed E-state index contributed by atoms with van der Waals surface area (Å²) in [5, 5.41) is 0. The van der Waals surface area contributed by atoms with Gasteiger partial charge in [-0.05, 0) is 79.2 Å². The van der Waals surface area contributed by atoms with Crippen LogP contribution < -0.4 is 0 Å². The van der Waals surface area contributed by atoms with E-state index in [4.69, 9.17) is 0 Å². The molecule has 0 radical (unpaired) electrons. The van der Waals surface area contributed by atoms with Gasteiger partial charge in [-0.25, -0.2) is 4.39 Å². The molecule has 0 amide bonds. The fourth-order valence-corrected chi connectivity index (χ4v) is 5.21. The Morgan fingerprint density at radius 1 is 0.893 bits per heavy atom. The van der Waals surface area contributed by atoms with Gasteiger partial charge >= 0.3 is 0 Å². The summed E-state index contributed by atoms with van der Waals surface area (Å²) in [5.41, 5.74) is 3.88. The van der Waals surface area contributed by atoms with E-state index in [1.165, 1.54) is 68.1 Å². The summed E-state index contributed by atoms with van der Waals surface area (Å²) in [7, 11) is 0. The lowest BCUT2D eigenvalue weighted by molar-refractivity contribution is 0.318. The first-order chi connectivity index (χ1) is 13.7. The van der Waals surface area contributed by atoms with Crippen LogP contribution in [-0.4, -0.2) is 0 Å². The Labute approximate surface area is 175 Å². The van der Waals surface area contributed by atoms with E-state index in [0.717, 1.165) is 23.0 Å². The average Bonchev–Trinajstić information content (AvgIpc) is 2.74. The first-order valence-corrected chi connectivity index (χ1v) is 12.2. The summed E-state index contributed by atoms with van der Waals surface area (Å²) in [6.07, 6.45) is 11.3. The van der Waals surface area contributed by atoms with E-state index in [0.29, 0.717) is 5.92 Å². The van der Waals surface area contributed by atoms with Crippen molar-refractivity contribution < 1.29 is 4.39 Å². The maximum absolute atomic E-state index is 14.7. The van der Waals surface area contributed by atoms with E-state index in [1.54, 1.807) is 17.8 Å². The first-order valence-electron chi connectivity index (χ1n) is 11.2. The Kier molecular flexibility index (Phi) is 8.45. The van der Waals surface area contributed by atoms with Gasteiger partial charge in [0.2, 0.25) is 0 Å². The molecular formula is C26H35FS. The normalized spacial score (nSPS) is 19.7. The molecule has 0 N–H and O–H groups in total. The molecule has 0 saturated heterocycles. The number of hydrogen-bond donors (Lipinski definition) is 0. The Morgan fingerprint density at radius 3 is 2.25 bits per heavy atom. The SMILES string of the molecule is CCCCCc1ccc(CSc2ccc(C3CCC(CC)CC3)cc2F)cc1. The third-order valence-electron chi connectivity index (χ3n) is 6.34. The molecular weight excluding hydrogens is 363 g/mol. The minimum absolute atomic E-state index is 0.0451. The molecule has 0 atom stereocenters. The van der Waals surface area contributed by atoms with Crippen molar-refractivity contribution in [1.29, 1.82) is 0 Å². The van der Waals surface area contributed by atoms with E-state index in [-0.39, 0.29) is 5.82 Å². The van der Waals surface area contributed by atoms with Crippen LogP contribution in [0.25, 0.3) is 0 Å². The maximum atomic E-state index is 14.7. The zero-order valence-corrected chi connectivity index (χ0v) is 18.4. The molecule has 0 heterocycles. The van der Waals surface area contributed by atoms with Crippen LogP contribution in [0.1, 0.15) is 87.8 Å². The highest BCUT2D eigenvalue weighted by molar-refractivity contribution is 7.98. The number of hydrogen-bond acceptors (Lipinski definition) is 1. The second-order valence-electron chi connectivity index (χ2n) is 8.38. The van der Waals surface area contributed by atoms with Crippen molar-refractivity contribution >= 4 is 11.8 Å². The quantitative estimate of drug-likeness (QED) is 0.301. The van der Waals surface area contributed by atoms with Gasteiger partial charge in [0.15, 0.2) is 0 Å². The monoisotopic (exact) mass is 398 g/mol. The molecule has 2 aromatic rings. The second kappa shape index (κ2) is 11.0. The molecule has 152 valence electrons. The van der Waals surface area contributed by atoms with E-state index < -0.39 is 0 Å². The number of benzene rings is 2. The molecule has 0 unspecified atom stereocenters. The van der Waals surface area contributed by atoms with Crippen molar-refractivity contribution in [1.82, 2.24) is 0 Å². The van der Waals surface area contributed by atoms with Crippen molar-refractivity contribution in [2.24, 2.45) is 5.92 Å². The average molecular weight is 399 g/mol. The van der Waals surface area contributed by atoms with Crippen molar-refractivity contribution in [3.63, 3.8) is 0 Å². The van der Waals surface area contributed by atoms with Crippen LogP contribution in [0.15, 0.2) is 47.4 Å². The third-order valence-corrected chi connectivity index (χ3v) is 7.46. The first kappa shape index (κ1) is 21.4. The topological polar surface area (TPSA) is 0 Å². The highest BCUT2D eigenvalue weighted by Gasteiger charge is 2.22. The van der Waals surface area contributed by atoms with Crippen molar-refractivity contribution in [2.45, 2.75) is 88.2 Å². The molecule has 1 saturated carbocycles. The smallest absolute Gasteiger partial charge is 0.137 e. The highest BCUT2D eigenvalue weighted by atomic mass is 32.2. The van der Waals surface area contributed by atoms with E-state index in [9.17, 15) is 4.39 Å². The predicted octanol–water partition coefficient (Wildman–Crippen LogP) is 8.53. The Balaban J connectivity index is 1.52. The number of aryl methyl sites for hydroxylation is 1. The van der Waals surface area contributed by atoms with Crippen LogP contribution >= 0.6 is 11.8 Å². The molecule has 28 heavy (non-hydrogen) atoms. The molecule has 0 aromatic heterocycles. The summed E-state index contributed by atoms with van der Waals surface area (Å²) in [6, 6.07) is 14.8. The van der Waals surface area contributed by atoms with Gasteiger partial charge < -0.3 is 0 Å². The van der Waals surface area contributed by atoms with Crippen LogP contribution in [0.5, 0.6) is 0 Å². The molecule has 0 aliphatic heterocycles. The number of thioether (sulfide) groups is 1. The highest BCUT2D eigenvalue weighted by Crippen LogP contribution is 2.38. The minimum atomic E-state index is -0.0451. The fraction of sp³-hybridized carbons (Fsp3) is 0.538. The van der Waals surface area contributed by atoms with Crippen LogP contribution in [-0.2, 0) is 12.2 Å². The summed E-state index contributed by atoms with van der Waals surface area (Å²) < 4.78 is 14.7. The number of unbranched alkanes of at least 4 members (excludes halogenated alkanes) is 2. The Bertz CT molecular complexity index is 714. The molecule has 0 bridgehead atoms. The third kappa shape index (κ3) is 6.11. The predicted molar refractivity (Wildman–Crippen MR) is 121 cm³/mol. The minimum Gasteiger partial charge on any atom is -0.206 e. The van der Waals surface area contributed by atoms with E-state index >= 15 is 0 Å². The van der Waals surface area contributed by atoms with Gasteiger partial charge in [-0.3, -0.25) is 0 Å². The van der Waals surface area contributed by atoms with Gasteiger partial charge in [0.05, 0.1) is 0 Å². The van der Waals surface area contributed by atoms with Gasteiger partial charge in [-0.15, -0.1) is 11.8 Å². The van der Waals surface area contributed by atoms with Crippen LogP contribution in [0.4, 0.5) is 4.39 Å². The Morgan fingerprint density at radius 2 is 1.61 bits per heavy atom.